The number of rotatable bonds is 4. The van der Waals surface area contributed by atoms with E-state index in [2.05, 4.69) is 19.1 Å². The van der Waals surface area contributed by atoms with E-state index < -0.39 is 0 Å². The van der Waals surface area contributed by atoms with Crippen LogP contribution in [-0.4, -0.2) is 18.5 Å². The van der Waals surface area contributed by atoms with Crippen molar-refractivity contribution in [2.75, 3.05) is 6.61 Å². The first-order chi connectivity index (χ1) is 7.79. The molecule has 1 atom stereocenters. The summed E-state index contributed by atoms with van der Waals surface area (Å²) in [6.45, 7) is 2.89. The molecule has 0 bridgehead atoms. The van der Waals surface area contributed by atoms with Gasteiger partial charge >= 0.3 is 0 Å². The summed E-state index contributed by atoms with van der Waals surface area (Å²) >= 11 is 1.75. The SMILES string of the molecule is CCc1ccc(CC(=O)C2CCCCO2)s1. The molecule has 0 amide bonds. The standard InChI is InChI=1S/C13H18O2S/c1-2-10-6-7-11(16-10)9-12(14)13-5-3-4-8-15-13/h6-7,13H,2-5,8-9H2,1H3. The Labute approximate surface area is 101 Å². The lowest BCUT2D eigenvalue weighted by Crippen LogP contribution is -2.29. The largest absolute Gasteiger partial charge is 0.370 e. The summed E-state index contributed by atoms with van der Waals surface area (Å²) in [6, 6.07) is 4.19. The molecular formula is C13H18O2S. The molecule has 2 rings (SSSR count). The van der Waals surface area contributed by atoms with Gasteiger partial charge in [-0.2, -0.15) is 0 Å². The normalized spacial score (nSPS) is 20.9. The number of ether oxygens (including phenoxy) is 1. The lowest BCUT2D eigenvalue weighted by molar-refractivity contribution is -0.132. The molecule has 0 aromatic carbocycles. The Morgan fingerprint density at radius 1 is 1.44 bits per heavy atom. The number of thiophene rings is 1. The maximum Gasteiger partial charge on any atom is 0.166 e. The first-order valence-corrected chi connectivity index (χ1v) is 6.83. The zero-order valence-electron chi connectivity index (χ0n) is 9.70. The molecule has 16 heavy (non-hydrogen) atoms. The van der Waals surface area contributed by atoms with Gasteiger partial charge in [0.2, 0.25) is 0 Å². The minimum Gasteiger partial charge on any atom is -0.370 e. The molecule has 1 fully saturated rings. The number of ketones is 1. The van der Waals surface area contributed by atoms with Gasteiger partial charge in [0.1, 0.15) is 6.10 Å². The fourth-order valence-corrected chi connectivity index (χ4v) is 2.96. The van der Waals surface area contributed by atoms with Crippen molar-refractivity contribution in [2.45, 2.75) is 45.1 Å². The van der Waals surface area contributed by atoms with Crippen LogP contribution in [0, 0.1) is 0 Å². The molecule has 1 aliphatic heterocycles. The second-order valence-corrected chi connectivity index (χ2v) is 5.47. The van der Waals surface area contributed by atoms with Gasteiger partial charge in [0, 0.05) is 22.8 Å². The van der Waals surface area contributed by atoms with Crippen LogP contribution in [0.1, 0.15) is 35.9 Å². The van der Waals surface area contributed by atoms with Crippen molar-refractivity contribution in [3.63, 3.8) is 0 Å². The highest BCUT2D eigenvalue weighted by atomic mass is 32.1. The fourth-order valence-electron chi connectivity index (χ4n) is 1.99. The number of aryl methyl sites for hydroxylation is 1. The van der Waals surface area contributed by atoms with Crippen molar-refractivity contribution in [1.29, 1.82) is 0 Å². The average molecular weight is 238 g/mol. The van der Waals surface area contributed by atoms with E-state index in [0.717, 1.165) is 32.3 Å². The average Bonchev–Trinajstić information content (AvgIpc) is 2.78. The summed E-state index contributed by atoms with van der Waals surface area (Å²) in [5.41, 5.74) is 0. The second kappa shape index (κ2) is 5.60. The fraction of sp³-hybridized carbons (Fsp3) is 0.615. The van der Waals surface area contributed by atoms with Gasteiger partial charge < -0.3 is 4.74 Å². The van der Waals surface area contributed by atoms with E-state index in [4.69, 9.17) is 4.74 Å². The van der Waals surface area contributed by atoms with Gasteiger partial charge in [0.05, 0.1) is 0 Å². The van der Waals surface area contributed by atoms with Gasteiger partial charge in [-0.1, -0.05) is 6.92 Å². The maximum absolute atomic E-state index is 11.9. The molecule has 1 aromatic heterocycles. The highest BCUT2D eigenvalue weighted by Crippen LogP contribution is 2.20. The van der Waals surface area contributed by atoms with Crippen molar-refractivity contribution in [3.05, 3.63) is 21.9 Å². The molecule has 1 aromatic rings. The minimum atomic E-state index is -0.138. The topological polar surface area (TPSA) is 26.3 Å². The van der Waals surface area contributed by atoms with Gasteiger partial charge in [-0.05, 0) is 37.8 Å². The van der Waals surface area contributed by atoms with Crippen molar-refractivity contribution >= 4 is 17.1 Å². The maximum atomic E-state index is 11.9. The Morgan fingerprint density at radius 2 is 2.25 bits per heavy atom. The number of hydrogen-bond acceptors (Lipinski definition) is 3. The molecule has 1 saturated heterocycles. The van der Waals surface area contributed by atoms with E-state index in [9.17, 15) is 4.79 Å². The lowest BCUT2D eigenvalue weighted by Gasteiger charge is -2.20. The third-order valence-corrected chi connectivity index (χ3v) is 4.18. The van der Waals surface area contributed by atoms with Crippen LogP contribution >= 0.6 is 11.3 Å². The van der Waals surface area contributed by atoms with Gasteiger partial charge in [0.15, 0.2) is 5.78 Å². The van der Waals surface area contributed by atoms with Gasteiger partial charge in [0.25, 0.3) is 0 Å². The first kappa shape index (κ1) is 11.8. The number of carbonyl (C=O) groups is 1. The van der Waals surface area contributed by atoms with E-state index in [1.165, 1.54) is 9.75 Å². The van der Waals surface area contributed by atoms with Crippen LogP contribution < -0.4 is 0 Å². The van der Waals surface area contributed by atoms with E-state index in [1.807, 2.05) is 0 Å². The van der Waals surface area contributed by atoms with Crippen LogP contribution in [0.5, 0.6) is 0 Å². The lowest BCUT2D eigenvalue weighted by atomic mass is 10.0. The highest BCUT2D eigenvalue weighted by Gasteiger charge is 2.22. The zero-order chi connectivity index (χ0) is 11.4. The van der Waals surface area contributed by atoms with E-state index in [-0.39, 0.29) is 11.9 Å². The van der Waals surface area contributed by atoms with Gasteiger partial charge in [-0.15, -0.1) is 11.3 Å². The second-order valence-electron chi connectivity index (χ2n) is 4.22. The van der Waals surface area contributed by atoms with Crippen molar-refractivity contribution in [1.82, 2.24) is 0 Å². The molecule has 0 saturated carbocycles. The van der Waals surface area contributed by atoms with Crippen molar-refractivity contribution in [2.24, 2.45) is 0 Å². The van der Waals surface area contributed by atoms with E-state index in [0.29, 0.717) is 6.42 Å². The molecule has 2 nitrogen and oxygen atoms in total. The molecule has 0 aliphatic carbocycles. The van der Waals surface area contributed by atoms with Crippen molar-refractivity contribution in [3.8, 4) is 0 Å². The molecule has 1 aliphatic rings. The van der Waals surface area contributed by atoms with Crippen LogP contribution in [0.3, 0.4) is 0 Å². The summed E-state index contributed by atoms with van der Waals surface area (Å²) in [5, 5.41) is 0. The molecule has 1 unspecified atom stereocenters. The zero-order valence-corrected chi connectivity index (χ0v) is 10.5. The van der Waals surface area contributed by atoms with Gasteiger partial charge in [-0.25, -0.2) is 0 Å². The summed E-state index contributed by atoms with van der Waals surface area (Å²) in [7, 11) is 0. The number of hydrogen-bond donors (Lipinski definition) is 0. The Bertz CT molecular complexity index is 351. The summed E-state index contributed by atoms with van der Waals surface area (Å²) in [5.74, 6) is 0.254. The Balaban J connectivity index is 1.90. The summed E-state index contributed by atoms with van der Waals surface area (Å²) < 4.78 is 5.50. The quantitative estimate of drug-likeness (QED) is 0.806. The Hall–Kier alpha value is -0.670. The Kier molecular flexibility index (Phi) is 4.13. The summed E-state index contributed by atoms with van der Waals surface area (Å²) in [6.07, 6.45) is 4.60. The van der Waals surface area contributed by atoms with E-state index in [1.54, 1.807) is 11.3 Å². The first-order valence-electron chi connectivity index (χ1n) is 6.01. The van der Waals surface area contributed by atoms with Gasteiger partial charge in [-0.3, -0.25) is 4.79 Å². The molecule has 3 heteroatoms. The number of carbonyl (C=O) groups excluding carboxylic acids is 1. The molecule has 88 valence electrons. The molecule has 0 spiro atoms. The Morgan fingerprint density at radius 3 is 2.88 bits per heavy atom. The van der Waals surface area contributed by atoms with Crippen LogP contribution in [-0.2, 0) is 22.4 Å². The predicted molar refractivity (Wildman–Crippen MR) is 66.0 cm³/mol. The van der Waals surface area contributed by atoms with Crippen LogP contribution in [0.4, 0.5) is 0 Å². The minimum absolute atomic E-state index is 0.138. The highest BCUT2D eigenvalue weighted by molar-refractivity contribution is 7.12. The monoisotopic (exact) mass is 238 g/mol. The van der Waals surface area contributed by atoms with Crippen LogP contribution in [0.25, 0.3) is 0 Å². The molecule has 0 radical (unpaired) electrons. The van der Waals surface area contributed by atoms with E-state index >= 15 is 0 Å². The predicted octanol–water partition coefficient (Wildman–Crippen LogP) is 2.99. The third-order valence-electron chi connectivity index (χ3n) is 2.95. The van der Waals surface area contributed by atoms with Crippen LogP contribution in [0.15, 0.2) is 12.1 Å². The molecular weight excluding hydrogens is 220 g/mol. The third kappa shape index (κ3) is 2.92. The van der Waals surface area contributed by atoms with Crippen LogP contribution in [0.2, 0.25) is 0 Å². The molecule has 0 N–H and O–H groups in total. The van der Waals surface area contributed by atoms with Crippen molar-refractivity contribution < 1.29 is 9.53 Å². The molecule has 2 heterocycles. The summed E-state index contributed by atoms with van der Waals surface area (Å²) in [4.78, 5) is 14.5. The number of Topliss-reactive ketones (excluding diaryl/α,β-unsaturated/α-hetero) is 1. The smallest absolute Gasteiger partial charge is 0.166 e.